The number of nitrogens with one attached hydrogen (secondary N) is 1. The topological polar surface area (TPSA) is 89.2 Å². The first-order valence-corrected chi connectivity index (χ1v) is 11.2. The van der Waals surface area contributed by atoms with Crippen molar-refractivity contribution >= 4 is 15.9 Å². The number of amides is 1. The SMILES string of the molecule is Cc1c(S(=O)(=O)N2CCc3ccccc3C2)cc(C(=O)NCc2nccn2C)n1C. The second-order valence-corrected chi connectivity index (χ2v) is 9.44. The lowest BCUT2D eigenvalue weighted by Crippen LogP contribution is -2.36. The van der Waals surface area contributed by atoms with E-state index in [9.17, 15) is 13.2 Å². The number of imidazole rings is 1. The van der Waals surface area contributed by atoms with E-state index in [1.807, 2.05) is 35.9 Å². The highest BCUT2D eigenvalue weighted by Gasteiger charge is 2.32. The highest BCUT2D eigenvalue weighted by Crippen LogP contribution is 2.28. The smallest absolute Gasteiger partial charge is 0.268 e. The Labute approximate surface area is 176 Å². The largest absolute Gasteiger partial charge is 0.344 e. The molecule has 0 unspecified atom stereocenters. The van der Waals surface area contributed by atoms with Gasteiger partial charge in [-0.15, -0.1) is 0 Å². The Kier molecular flexibility index (Phi) is 5.25. The Morgan fingerprint density at radius 1 is 1.20 bits per heavy atom. The molecule has 0 aliphatic carbocycles. The van der Waals surface area contributed by atoms with Crippen LogP contribution < -0.4 is 5.32 Å². The molecule has 0 spiro atoms. The zero-order valence-corrected chi connectivity index (χ0v) is 18.1. The number of hydrogen-bond donors (Lipinski definition) is 1. The molecule has 0 fully saturated rings. The minimum Gasteiger partial charge on any atom is -0.344 e. The van der Waals surface area contributed by atoms with Gasteiger partial charge in [0.05, 0.1) is 6.54 Å². The van der Waals surface area contributed by atoms with Crippen LogP contribution in [0.2, 0.25) is 0 Å². The average molecular weight is 428 g/mol. The van der Waals surface area contributed by atoms with Crippen molar-refractivity contribution in [1.82, 2.24) is 23.7 Å². The highest BCUT2D eigenvalue weighted by molar-refractivity contribution is 7.89. The maximum atomic E-state index is 13.4. The molecule has 30 heavy (non-hydrogen) atoms. The van der Waals surface area contributed by atoms with E-state index in [1.54, 1.807) is 30.9 Å². The van der Waals surface area contributed by atoms with Crippen LogP contribution in [0.4, 0.5) is 0 Å². The molecule has 1 aliphatic rings. The number of aryl methyl sites for hydroxylation is 1. The van der Waals surface area contributed by atoms with Crippen molar-refractivity contribution in [2.24, 2.45) is 14.1 Å². The van der Waals surface area contributed by atoms with Crippen LogP contribution in [0.25, 0.3) is 0 Å². The lowest BCUT2D eigenvalue weighted by atomic mass is 10.0. The van der Waals surface area contributed by atoms with Crippen molar-refractivity contribution < 1.29 is 13.2 Å². The Hall–Kier alpha value is -2.91. The standard InChI is InChI=1S/C21H25N5O3S/c1-15-19(30(28,29)26-10-8-16-6-4-5-7-17(16)14-26)12-18(25(15)3)21(27)23-13-20-22-9-11-24(20)2/h4-7,9,11-12H,8,10,13-14H2,1-3H3,(H,23,27). The van der Waals surface area contributed by atoms with Gasteiger partial charge in [-0.3, -0.25) is 4.79 Å². The van der Waals surface area contributed by atoms with Gasteiger partial charge in [0.15, 0.2) is 0 Å². The molecule has 0 saturated carbocycles. The van der Waals surface area contributed by atoms with Gasteiger partial charge in [-0.2, -0.15) is 4.31 Å². The molecular formula is C21H25N5O3S. The maximum Gasteiger partial charge on any atom is 0.268 e. The van der Waals surface area contributed by atoms with Crippen LogP contribution in [0, 0.1) is 6.92 Å². The number of benzene rings is 1. The molecule has 2 aromatic heterocycles. The van der Waals surface area contributed by atoms with Gasteiger partial charge in [-0.05, 0) is 30.5 Å². The van der Waals surface area contributed by atoms with E-state index in [0.717, 1.165) is 5.56 Å². The molecule has 9 heteroatoms. The Morgan fingerprint density at radius 2 is 1.93 bits per heavy atom. The fraction of sp³-hybridized carbons (Fsp3) is 0.333. The summed E-state index contributed by atoms with van der Waals surface area (Å²) in [6.45, 7) is 2.75. The molecule has 1 N–H and O–H groups in total. The van der Waals surface area contributed by atoms with Crippen molar-refractivity contribution in [3.05, 3.63) is 71.1 Å². The quantitative estimate of drug-likeness (QED) is 0.672. The summed E-state index contributed by atoms with van der Waals surface area (Å²) in [5.41, 5.74) is 3.05. The number of carbonyl (C=O) groups is 1. The van der Waals surface area contributed by atoms with Gasteiger partial charge in [0, 0.05) is 45.3 Å². The highest BCUT2D eigenvalue weighted by atomic mass is 32.2. The van der Waals surface area contributed by atoms with Crippen LogP contribution in [0.15, 0.2) is 47.6 Å². The zero-order valence-electron chi connectivity index (χ0n) is 17.3. The average Bonchev–Trinajstić information content (AvgIpc) is 3.29. The Balaban J connectivity index is 1.57. The summed E-state index contributed by atoms with van der Waals surface area (Å²) in [4.78, 5) is 17.1. The first-order valence-electron chi connectivity index (χ1n) is 9.76. The minimum absolute atomic E-state index is 0.173. The number of aromatic nitrogens is 3. The molecule has 0 radical (unpaired) electrons. The number of carbonyl (C=O) groups excluding carboxylic acids is 1. The number of rotatable bonds is 5. The van der Waals surface area contributed by atoms with Crippen molar-refractivity contribution in [3.8, 4) is 0 Å². The van der Waals surface area contributed by atoms with Gasteiger partial charge in [0.2, 0.25) is 10.0 Å². The van der Waals surface area contributed by atoms with Gasteiger partial charge in [0.1, 0.15) is 16.4 Å². The van der Waals surface area contributed by atoms with E-state index in [-0.39, 0.29) is 17.3 Å². The summed E-state index contributed by atoms with van der Waals surface area (Å²) in [5.74, 6) is 0.378. The lowest BCUT2D eigenvalue weighted by molar-refractivity contribution is 0.0941. The Bertz CT molecular complexity index is 1210. The number of sulfonamides is 1. The fourth-order valence-corrected chi connectivity index (χ4v) is 5.47. The summed E-state index contributed by atoms with van der Waals surface area (Å²) in [7, 11) is -0.166. The summed E-state index contributed by atoms with van der Waals surface area (Å²) in [6, 6.07) is 9.37. The molecule has 8 nitrogen and oxygen atoms in total. The molecule has 3 aromatic rings. The van der Waals surface area contributed by atoms with E-state index in [4.69, 9.17) is 0 Å². The second-order valence-electron chi connectivity index (χ2n) is 7.53. The molecule has 1 aliphatic heterocycles. The molecular weight excluding hydrogens is 402 g/mol. The molecule has 4 rings (SSSR count). The predicted octanol–water partition coefficient (Wildman–Crippen LogP) is 1.74. The Morgan fingerprint density at radius 3 is 2.63 bits per heavy atom. The molecule has 1 amide bonds. The van der Waals surface area contributed by atoms with Crippen molar-refractivity contribution in [1.29, 1.82) is 0 Å². The van der Waals surface area contributed by atoms with Gasteiger partial charge >= 0.3 is 0 Å². The van der Waals surface area contributed by atoms with Gasteiger partial charge in [0.25, 0.3) is 5.91 Å². The summed E-state index contributed by atoms with van der Waals surface area (Å²) in [5, 5.41) is 2.82. The summed E-state index contributed by atoms with van der Waals surface area (Å²) >= 11 is 0. The third kappa shape index (κ3) is 3.54. The number of nitrogens with zero attached hydrogens (tertiary/aromatic N) is 4. The van der Waals surface area contributed by atoms with Gasteiger partial charge < -0.3 is 14.5 Å². The minimum atomic E-state index is -3.72. The maximum absolute atomic E-state index is 13.4. The van der Waals surface area contributed by atoms with Crippen LogP contribution in [0.1, 0.15) is 33.1 Å². The van der Waals surface area contributed by atoms with Crippen LogP contribution >= 0.6 is 0 Å². The van der Waals surface area contributed by atoms with Crippen LogP contribution in [0.5, 0.6) is 0 Å². The first kappa shape index (κ1) is 20.4. The van der Waals surface area contributed by atoms with Crippen molar-refractivity contribution in [2.75, 3.05) is 6.54 Å². The molecule has 158 valence electrons. The van der Waals surface area contributed by atoms with Gasteiger partial charge in [-0.25, -0.2) is 13.4 Å². The number of fused-ring (bicyclic) bond motifs is 1. The summed E-state index contributed by atoms with van der Waals surface area (Å²) < 4.78 is 31.7. The molecule has 0 bridgehead atoms. The zero-order chi connectivity index (χ0) is 21.5. The molecule has 1 aromatic carbocycles. The van der Waals surface area contributed by atoms with Crippen molar-refractivity contribution in [3.63, 3.8) is 0 Å². The van der Waals surface area contributed by atoms with E-state index in [0.29, 0.717) is 36.7 Å². The van der Waals surface area contributed by atoms with Crippen molar-refractivity contribution in [2.45, 2.75) is 31.3 Å². The third-order valence-corrected chi connectivity index (χ3v) is 7.72. The monoisotopic (exact) mass is 427 g/mol. The third-order valence-electron chi connectivity index (χ3n) is 5.76. The lowest BCUT2D eigenvalue weighted by Gasteiger charge is -2.28. The van der Waals surface area contributed by atoms with E-state index in [1.165, 1.54) is 15.9 Å². The van der Waals surface area contributed by atoms with Gasteiger partial charge in [-0.1, -0.05) is 24.3 Å². The van der Waals surface area contributed by atoms with Crippen LogP contribution in [0.3, 0.4) is 0 Å². The number of hydrogen-bond acceptors (Lipinski definition) is 4. The van der Waals surface area contributed by atoms with Crippen LogP contribution in [-0.4, -0.2) is 39.3 Å². The van der Waals surface area contributed by atoms with E-state index >= 15 is 0 Å². The first-order chi connectivity index (χ1) is 14.3. The second kappa shape index (κ2) is 7.73. The van der Waals surface area contributed by atoms with E-state index in [2.05, 4.69) is 10.3 Å². The normalized spacial score (nSPS) is 14.5. The molecule has 3 heterocycles. The molecule has 0 saturated heterocycles. The van der Waals surface area contributed by atoms with E-state index < -0.39 is 10.0 Å². The fourth-order valence-electron chi connectivity index (χ4n) is 3.78. The van der Waals surface area contributed by atoms with Crippen LogP contribution in [-0.2, 0) is 43.6 Å². The summed E-state index contributed by atoms with van der Waals surface area (Å²) in [6.07, 6.45) is 4.14. The molecule has 0 atom stereocenters. The predicted molar refractivity (Wildman–Crippen MR) is 112 cm³/mol.